The van der Waals surface area contributed by atoms with E-state index in [0.29, 0.717) is 0 Å². The van der Waals surface area contributed by atoms with Crippen LogP contribution in [0, 0.1) is 5.82 Å². The van der Waals surface area contributed by atoms with Gasteiger partial charge in [-0.15, -0.1) is 0 Å². The van der Waals surface area contributed by atoms with Crippen LogP contribution in [0.1, 0.15) is 5.56 Å². The molecular weight excluding hydrogens is 237 g/mol. The fourth-order valence-corrected chi connectivity index (χ4v) is 1.55. The van der Waals surface area contributed by atoms with Gasteiger partial charge in [0.05, 0.1) is 12.1 Å². The van der Waals surface area contributed by atoms with Gasteiger partial charge in [0.15, 0.2) is 0 Å². The van der Waals surface area contributed by atoms with Crippen LogP contribution in [-0.4, -0.2) is 24.2 Å². The molecule has 0 saturated carbocycles. The summed E-state index contributed by atoms with van der Waals surface area (Å²) in [5.74, 6) is -1.67. The Labute approximate surface area is 96.8 Å². The molecule has 0 amide bonds. The van der Waals surface area contributed by atoms with E-state index < -0.39 is 17.8 Å². The minimum atomic E-state index is -1.21. The first-order chi connectivity index (χ1) is 7.47. The lowest BCUT2D eigenvalue weighted by Crippen LogP contribution is -2.32. The Bertz CT molecular complexity index is 411. The quantitative estimate of drug-likeness (QED) is 0.845. The average Bonchev–Trinajstić information content (AvgIpc) is 2.23. The number of hydrogen-bond acceptors (Lipinski definition) is 3. The number of hydrogen-bond donors (Lipinski definition) is 2. The third-order valence-electron chi connectivity index (χ3n) is 2.10. The van der Waals surface area contributed by atoms with E-state index in [2.05, 4.69) is 0 Å². The third kappa shape index (κ3) is 2.62. The SMILES string of the molecule is COc1c(Cl)ccc(F)c1CC(N)C(=O)O. The van der Waals surface area contributed by atoms with Gasteiger partial charge in [-0.1, -0.05) is 11.6 Å². The summed E-state index contributed by atoms with van der Waals surface area (Å²) in [6.07, 6.45) is -0.176. The number of aliphatic carboxylic acids is 1. The summed E-state index contributed by atoms with van der Waals surface area (Å²) in [5, 5.41) is 8.86. The van der Waals surface area contributed by atoms with E-state index in [9.17, 15) is 9.18 Å². The van der Waals surface area contributed by atoms with E-state index in [0.717, 1.165) is 6.07 Å². The highest BCUT2D eigenvalue weighted by atomic mass is 35.5. The maximum absolute atomic E-state index is 13.5. The van der Waals surface area contributed by atoms with Gasteiger partial charge >= 0.3 is 5.97 Å². The van der Waals surface area contributed by atoms with Crippen molar-refractivity contribution < 1.29 is 19.0 Å². The molecule has 1 rings (SSSR count). The van der Waals surface area contributed by atoms with Crippen LogP contribution >= 0.6 is 11.6 Å². The van der Waals surface area contributed by atoms with Gasteiger partial charge in [-0.25, -0.2) is 4.39 Å². The van der Waals surface area contributed by atoms with Crippen molar-refractivity contribution in [2.24, 2.45) is 5.73 Å². The summed E-state index contributed by atoms with van der Waals surface area (Å²) in [5.41, 5.74) is 5.40. The molecule has 0 aliphatic heterocycles. The predicted octanol–water partition coefficient (Wildman–Crippen LogP) is 1.44. The Morgan fingerprint density at radius 1 is 1.69 bits per heavy atom. The molecule has 1 unspecified atom stereocenters. The van der Waals surface area contributed by atoms with E-state index >= 15 is 0 Å². The van der Waals surface area contributed by atoms with Crippen LogP contribution in [0.2, 0.25) is 5.02 Å². The molecule has 0 aliphatic rings. The van der Waals surface area contributed by atoms with Gasteiger partial charge in [-0.2, -0.15) is 0 Å². The van der Waals surface area contributed by atoms with Crippen molar-refractivity contribution >= 4 is 17.6 Å². The number of methoxy groups -OCH3 is 1. The van der Waals surface area contributed by atoms with Gasteiger partial charge in [0, 0.05) is 12.0 Å². The summed E-state index contributed by atoms with van der Waals surface area (Å²) in [6.45, 7) is 0. The maximum atomic E-state index is 13.5. The number of ether oxygens (including phenoxy) is 1. The molecule has 3 N–H and O–H groups in total. The molecule has 88 valence electrons. The Hall–Kier alpha value is -1.33. The zero-order valence-electron chi connectivity index (χ0n) is 8.54. The predicted molar refractivity (Wildman–Crippen MR) is 57.3 cm³/mol. The molecule has 4 nitrogen and oxygen atoms in total. The zero-order chi connectivity index (χ0) is 12.3. The second-order valence-corrected chi connectivity index (χ2v) is 3.60. The molecular formula is C10H11ClFNO3. The molecule has 0 aliphatic carbocycles. The van der Waals surface area contributed by atoms with Gasteiger partial charge < -0.3 is 15.6 Å². The minimum Gasteiger partial charge on any atom is -0.495 e. The Morgan fingerprint density at radius 3 is 2.81 bits per heavy atom. The van der Waals surface area contributed by atoms with E-state index in [1.165, 1.54) is 13.2 Å². The summed E-state index contributed by atoms with van der Waals surface area (Å²) >= 11 is 5.78. The van der Waals surface area contributed by atoms with E-state index in [-0.39, 0.29) is 22.8 Å². The first kappa shape index (κ1) is 12.7. The highest BCUT2D eigenvalue weighted by Gasteiger charge is 2.20. The molecule has 6 heteroatoms. The topological polar surface area (TPSA) is 72.5 Å². The Morgan fingerprint density at radius 2 is 2.31 bits per heavy atom. The first-order valence-electron chi connectivity index (χ1n) is 4.46. The van der Waals surface area contributed by atoms with Crippen molar-refractivity contribution in [2.45, 2.75) is 12.5 Å². The second kappa shape index (κ2) is 5.14. The van der Waals surface area contributed by atoms with Crippen LogP contribution in [-0.2, 0) is 11.2 Å². The van der Waals surface area contributed by atoms with Crippen molar-refractivity contribution in [3.63, 3.8) is 0 Å². The first-order valence-corrected chi connectivity index (χ1v) is 4.84. The second-order valence-electron chi connectivity index (χ2n) is 3.19. The fourth-order valence-electron chi connectivity index (χ4n) is 1.29. The lowest BCUT2D eigenvalue weighted by molar-refractivity contribution is -0.138. The largest absolute Gasteiger partial charge is 0.495 e. The number of nitrogens with two attached hydrogens (primary N) is 1. The summed E-state index contributed by atoms with van der Waals surface area (Å²) in [7, 11) is 1.33. The molecule has 0 heterocycles. The Balaban J connectivity index is 3.11. The van der Waals surface area contributed by atoms with Gasteiger partial charge in [-0.3, -0.25) is 4.79 Å². The lowest BCUT2D eigenvalue weighted by atomic mass is 10.0. The highest BCUT2D eigenvalue weighted by Crippen LogP contribution is 2.31. The van der Waals surface area contributed by atoms with Crippen LogP contribution in [0.15, 0.2) is 12.1 Å². The maximum Gasteiger partial charge on any atom is 0.320 e. The highest BCUT2D eigenvalue weighted by molar-refractivity contribution is 6.32. The van der Waals surface area contributed by atoms with E-state index in [4.69, 9.17) is 27.2 Å². The van der Waals surface area contributed by atoms with Gasteiger partial charge in [0.1, 0.15) is 17.6 Å². The molecule has 0 radical (unpaired) electrons. The monoisotopic (exact) mass is 247 g/mol. The normalized spacial score (nSPS) is 12.2. The molecule has 1 atom stereocenters. The molecule has 1 aromatic rings. The lowest BCUT2D eigenvalue weighted by Gasteiger charge is -2.13. The van der Waals surface area contributed by atoms with Gasteiger partial charge in [-0.05, 0) is 12.1 Å². The van der Waals surface area contributed by atoms with Crippen LogP contribution < -0.4 is 10.5 Å². The molecule has 0 bridgehead atoms. The number of rotatable bonds is 4. The van der Waals surface area contributed by atoms with Crippen molar-refractivity contribution in [1.29, 1.82) is 0 Å². The Kier molecular flexibility index (Phi) is 4.09. The summed E-state index contributed by atoms with van der Waals surface area (Å²) in [6, 6.07) is 1.29. The van der Waals surface area contributed by atoms with Gasteiger partial charge in [0.25, 0.3) is 0 Å². The van der Waals surface area contributed by atoms with Crippen LogP contribution in [0.25, 0.3) is 0 Å². The molecule has 0 saturated heterocycles. The van der Waals surface area contributed by atoms with E-state index in [1.807, 2.05) is 0 Å². The van der Waals surface area contributed by atoms with Crippen molar-refractivity contribution in [3.8, 4) is 5.75 Å². The van der Waals surface area contributed by atoms with Crippen molar-refractivity contribution in [2.75, 3.05) is 7.11 Å². The number of carboxylic acids is 1. The number of benzene rings is 1. The standard InChI is InChI=1S/C10H11ClFNO3/c1-16-9-5(4-8(13)10(14)15)7(12)3-2-6(9)11/h2-3,8H,4,13H2,1H3,(H,14,15). The average molecular weight is 248 g/mol. The smallest absolute Gasteiger partial charge is 0.320 e. The molecule has 1 aromatic carbocycles. The summed E-state index contributed by atoms with van der Waals surface area (Å²) in [4.78, 5) is 10.6. The van der Waals surface area contributed by atoms with Crippen LogP contribution in [0.3, 0.4) is 0 Å². The van der Waals surface area contributed by atoms with Crippen molar-refractivity contribution in [1.82, 2.24) is 0 Å². The number of carbonyl (C=O) groups is 1. The fraction of sp³-hybridized carbons (Fsp3) is 0.300. The third-order valence-corrected chi connectivity index (χ3v) is 2.40. The summed E-state index contributed by atoms with van der Waals surface area (Å²) < 4.78 is 18.4. The van der Waals surface area contributed by atoms with Crippen molar-refractivity contribution in [3.05, 3.63) is 28.5 Å². The molecule has 16 heavy (non-hydrogen) atoms. The van der Waals surface area contributed by atoms with Crippen LogP contribution in [0.5, 0.6) is 5.75 Å². The van der Waals surface area contributed by atoms with Gasteiger partial charge in [0.2, 0.25) is 0 Å². The number of carboxylic acid groups (broad SMARTS) is 1. The molecule has 0 aromatic heterocycles. The minimum absolute atomic E-state index is 0.0740. The zero-order valence-corrected chi connectivity index (χ0v) is 9.29. The molecule has 0 spiro atoms. The molecule has 0 fully saturated rings. The van der Waals surface area contributed by atoms with Crippen LogP contribution in [0.4, 0.5) is 4.39 Å². The number of halogens is 2. The van der Waals surface area contributed by atoms with E-state index in [1.54, 1.807) is 0 Å².